The van der Waals surface area contributed by atoms with Crippen LogP contribution in [0, 0.1) is 15.5 Å². The van der Waals surface area contributed by atoms with Crippen LogP contribution < -0.4 is 5.73 Å². The summed E-state index contributed by atoms with van der Waals surface area (Å²) in [7, 11) is 0. The van der Waals surface area contributed by atoms with E-state index in [1.807, 2.05) is 19.1 Å². The Bertz CT molecular complexity index is 394. The quantitative estimate of drug-likeness (QED) is 0.625. The van der Waals surface area contributed by atoms with E-state index in [0.29, 0.717) is 0 Å². The number of hydrogen-bond acceptors (Lipinski definition) is 3. The summed E-state index contributed by atoms with van der Waals surface area (Å²) in [5, 5.41) is 10.5. The maximum Gasteiger partial charge on any atom is 0.269 e. The molecular weight excluding hydrogens is 204 g/mol. The minimum atomic E-state index is -0.373. The smallest absolute Gasteiger partial charge is 0.269 e. The Morgan fingerprint density at radius 3 is 2.38 bits per heavy atom. The van der Waals surface area contributed by atoms with Gasteiger partial charge in [0.1, 0.15) is 0 Å². The van der Waals surface area contributed by atoms with Crippen LogP contribution in [0.5, 0.6) is 0 Å². The Labute approximate surface area is 94.6 Å². The lowest BCUT2D eigenvalue weighted by Gasteiger charge is -2.19. The van der Waals surface area contributed by atoms with Crippen molar-refractivity contribution in [3.05, 3.63) is 39.9 Å². The molecule has 1 aliphatic rings. The molecule has 16 heavy (non-hydrogen) atoms. The lowest BCUT2D eigenvalue weighted by molar-refractivity contribution is -0.384. The van der Waals surface area contributed by atoms with Gasteiger partial charge in [-0.05, 0) is 37.2 Å². The Kier molecular flexibility index (Phi) is 2.68. The van der Waals surface area contributed by atoms with Crippen molar-refractivity contribution in [1.29, 1.82) is 0 Å². The third kappa shape index (κ3) is 2.07. The zero-order valence-electron chi connectivity index (χ0n) is 9.35. The van der Waals surface area contributed by atoms with E-state index in [-0.39, 0.29) is 22.1 Å². The first-order valence-corrected chi connectivity index (χ1v) is 5.52. The third-order valence-corrected chi connectivity index (χ3v) is 3.56. The molecule has 0 bridgehead atoms. The summed E-state index contributed by atoms with van der Waals surface area (Å²) in [6, 6.07) is 6.99. The normalized spacial score (nSPS) is 19.1. The zero-order chi connectivity index (χ0) is 11.8. The maximum atomic E-state index is 10.5. The van der Waals surface area contributed by atoms with Crippen molar-refractivity contribution in [2.45, 2.75) is 32.2 Å². The molecule has 4 heteroatoms. The van der Waals surface area contributed by atoms with Crippen molar-refractivity contribution < 1.29 is 4.92 Å². The van der Waals surface area contributed by atoms with Gasteiger partial charge in [0, 0.05) is 18.2 Å². The third-order valence-electron chi connectivity index (χ3n) is 3.56. The van der Waals surface area contributed by atoms with Crippen LogP contribution in [0.1, 0.15) is 25.3 Å². The van der Waals surface area contributed by atoms with Crippen LogP contribution in [0.15, 0.2) is 24.3 Å². The van der Waals surface area contributed by atoms with Crippen molar-refractivity contribution in [1.82, 2.24) is 0 Å². The molecule has 1 saturated carbocycles. The van der Waals surface area contributed by atoms with Crippen LogP contribution in [0.2, 0.25) is 0 Å². The fourth-order valence-corrected chi connectivity index (χ4v) is 2.10. The van der Waals surface area contributed by atoms with E-state index in [1.54, 1.807) is 12.1 Å². The number of rotatable bonds is 4. The fraction of sp³-hybridized carbons (Fsp3) is 0.500. The van der Waals surface area contributed by atoms with Gasteiger partial charge in [-0.1, -0.05) is 12.1 Å². The lowest BCUT2D eigenvalue weighted by atomic mass is 9.90. The molecule has 0 saturated heterocycles. The molecule has 0 amide bonds. The summed E-state index contributed by atoms with van der Waals surface area (Å²) in [5.41, 5.74) is 7.48. The molecule has 0 aromatic heterocycles. The van der Waals surface area contributed by atoms with Gasteiger partial charge in [-0.15, -0.1) is 0 Å². The van der Waals surface area contributed by atoms with Gasteiger partial charge >= 0.3 is 0 Å². The van der Waals surface area contributed by atoms with Gasteiger partial charge in [-0.2, -0.15) is 0 Å². The molecule has 2 rings (SSSR count). The molecule has 0 aliphatic heterocycles. The molecule has 0 radical (unpaired) electrons. The highest BCUT2D eigenvalue weighted by atomic mass is 16.6. The molecule has 1 fully saturated rings. The minimum Gasteiger partial charge on any atom is -0.327 e. The number of benzene rings is 1. The standard InChI is InChI=1S/C12H16N2O2/c1-9(13)12(6-7-12)8-10-2-4-11(5-3-10)14(15)16/h2-5,9H,6-8,13H2,1H3. The van der Waals surface area contributed by atoms with Crippen molar-refractivity contribution in [2.75, 3.05) is 0 Å². The molecular formula is C12H16N2O2. The highest BCUT2D eigenvalue weighted by Crippen LogP contribution is 2.50. The first-order valence-electron chi connectivity index (χ1n) is 5.52. The van der Waals surface area contributed by atoms with E-state index in [9.17, 15) is 10.1 Å². The van der Waals surface area contributed by atoms with Crippen LogP contribution >= 0.6 is 0 Å². The minimum absolute atomic E-state index is 0.148. The number of non-ortho nitro benzene ring substituents is 1. The fourth-order valence-electron chi connectivity index (χ4n) is 2.10. The number of nitro groups is 1. The summed E-state index contributed by atoms with van der Waals surface area (Å²) in [6.07, 6.45) is 3.27. The number of hydrogen-bond donors (Lipinski definition) is 1. The maximum absolute atomic E-state index is 10.5. The van der Waals surface area contributed by atoms with Gasteiger partial charge in [0.15, 0.2) is 0 Å². The van der Waals surface area contributed by atoms with Crippen molar-refractivity contribution in [3.63, 3.8) is 0 Å². The van der Waals surface area contributed by atoms with Gasteiger partial charge < -0.3 is 5.73 Å². The second-order valence-electron chi connectivity index (χ2n) is 4.75. The zero-order valence-corrected chi connectivity index (χ0v) is 9.35. The predicted octanol–water partition coefficient (Wildman–Crippen LogP) is 2.26. The molecule has 1 unspecified atom stereocenters. The number of nitrogens with zero attached hydrogens (tertiary/aromatic N) is 1. The Balaban J connectivity index is 2.09. The van der Waals surface area contributed by atoms with Crippen LogP contribution in [0.3, 0.4) is 0 Å². The largest absolute Gasteiger partial charge is 0.327 e. The van der Waals surface area contributed by atoms with E-state index in [2.05, 4.69) is 0 Å². The molecule has 86 valence electrons. The SMILES string of the molecule is CC(N)C1(Cc2ccc([N+](=O)[O-])cc2)CC1. The summed E-state index contributed by atoms with van der Waals surface area (Å²) in [5.74, 6) is 0. The lowest BCUT2D eigenvalue weighted by Crippen LogP contribution is -2.29. The molecule has 1 aromatic carbocycles. The van der Waals surface area contributed by atoms with E-state index < -0.39 is 0 Å². The highest BCUT2D eigenvalue weighted by molar-refractivity contribution is 5.33. The molecule has 2 N–H and O–H groups in total. The molecule has 4 nitrogen and oxygen atoms in total. The molecule has 1 aliphatic carbocycles. The molecule has 0 heterocycles. The average Bonchev–Trinajstić information content (AvgIpc) is 3.00. The summed E-state index contributed by atoms with van der Waals surface area (Å²) >= 11 is 0. The molecule has 1 atom stereocenters. The van der Waals surface area contributed by atoms with Gasteiger partial charge in [-0.3, -0.25) is 10.1 Å². The van der Waals surface area contributed by atoms with Crippen molar-refractivity contribution in [3.8, 4) is 0 Å². The van der Waals surface area contributed by atoms with E-state index in [4.69, 9.17) is 5.73 Å². The van der Waals surface area contributed by atoms with Gasteiger partial charge in [0.2, 0.25) is 0 Å². The van der Waals surface area contributed by atoms with Crippen LogP contribution in [0.25, 0.3) is 0 Å². The summed E-state index contributed by atoms with van der Waals surface area (Å²) in [6.45, 7) is 2.04. The number of nitro benzene ring substituents is 1. The monoisotopic (exact) mass is 220 g/mol. The second-order valence-corrected chi connectivity index (χ2v) is 4.75. The molecule has 1 aromatic rings. The number of nitrogens with two attached hydrogens (primary N) is 1. The topological polar surface area (TPSA) is 69.2 Å². The van der Waals surface area contributed by atoms with Crippen molar-refractivity contribution >= 4 is 5.69 Å². The summed E-state index contributed by atoms with van der Waals surface area (Å²) < 4.78 is 0. The summed E-state index contributed by atoms with van der Waals surface area (Å²) in [4.78, 5) is 10.1. The highest BCUT2D eigenvalue weighted by Gasteiger charge is 2.45. The molecule has 0 spiro atoms. The predicted molar refractivity (Wildman–Crippen MR) is 62.1 cm³/mol. The van der Waals surface area contributed by atoms with Gasteiger partial charge in [0.25, 0.3) is 5.69 Å². The van der Waals surface area contributed by atoms with Gasteiger partial charge in [0.05, 0.1) is 4.92 Å². The first-order chi connectivity index (χ1) is 7.53. The van der Waals surface area contributed by atoms with Crippen LogP contribution in [0.4, 0.5) is 5.69 Å². The Hall–Kier alpha value is -1.42. The van der Waals surface area contributed by atoms with Crippen LogP contribution in [-0.2, 0) is 6.42 Å². The second kappa shape index (κ2) is 3.87. The average molecular weight is 220 g/mol. The van der Waals surface area contributed by atoms with E-state index in [0.717, 1.165) is 12.0 Å². The van der Waals surface area contributed by atoms with Crippen molar-refractivity contribution in [2.24, 2.45) is 11.1 Å². The van der Waals surface area contributed by atoms with Crippen LogP contribution in [-0.4, -0.2) is 11.0 Å². The Morgan fingerprint density at radius 2 is 2.00 bits per heavy atom. The van der Waals surface area contributed by atoms with Gasteiger partial charge in [-0.25, -0.2) is 0 Å². The van der Waals surface area contributed by atoms with E-state index >= 15 is 0 Å². The Morgan fingerprint density at radius 1 is 1.44 bits per heavy atom. The van der Waals surface area contributed by atoms with E-state index in [1.165, 1.54) is 12.8 Å². The first kappa shape index (κ1) is 11.1.